The first kappa shape index (κ1) is 24.8. The Morgan fingerprint density at radius 3 is 2.47 bits per heavy atom. The molecule has 0 spiro atoms. The van der Waals surface area contributed by atoms with Crippen LogP contribution in [0.1, 0.15) is 87.2 Å². The van der Waals surface area contributed by atoms with Gasteiger partial charge in [0.15, 0.2) is 11.5 Å². The van der Waals surface area contributed by atoms with Gasteiger partial charge in [0.1, 0.15) is 11.8 Å². The SMILES string of the molecule is CN/C(C)=C(/NC(=O)c1noc([C@@H]2C[C@@H](C(C)(C)Br)CO2)c1C)C(=O)NC1CCCCC1. The second-order valence-corrected chi connectivity index (χ2v) is 11.4. The molecule has 1 aliphatic carbocycles. The van der Waals surface area contributed by atoms with Crippen molar-refractivity contribution < 1.29 is 18.8 Å². The molecule has 0 radical (unpaired) electrons. The van der Waals surface area contributed by atoms with Crippen LogP contribution in [0.3, 0.4) is 0 Å². The minimum Gasteiger partial charge on any atom is -0.390 e. The van der Waals surface area contributed by atoms with Crippen LogP contribution in [0.2, 0.25) is 0 Å². The molecule has 1 saturated heterocycles. The van der Waals surface area contributed by atoms with Crippen LogP contribution in [-0.4, -0.2) is 41.0 Å². The van der Waals surface area contributed by atoms with E-state index < -0.39 is 5.91 Å². The minimum atomic E-state index is -0.476. The van der Waals surface area contributed by atoms with Gasteiger partial charge in [0, 0.05) is 28.7 Å². The number of hydrogen-bond donors (Lipinski definition) is 3. The van der Waals surface area contributed by atoms with Crippen LogP contribution in [0, 0.1) is 12.8 Å². The lowest BCUT2D eigenvalue weighted by atomic mass is 9.92. The van der Waals surface area contributed by atoms with Crippen LogP contribution >= 0.6 is 15.9 Å². The molecule has 0 aromatic carbocycles. The standard InChI is InChI=1S/C23H35BrN4O4/c1-13-18(28-32-20(13)17-11-15(12-31-17)23(3,4)24)21(29)27-19(14(2)25-5)22(30)26-16-9-7-6-8-10-16/h15-17,25H,6-12H2,1-5H3,(H,26,30)(H,27,29)/b19-14+/t15-,17+/m1/s1. The van der Waals surface area contributed by atoms with Gasteiger partial charge in [0.05, 0.1) is 6.61 Å². The van der Waals surface area contributed by atoms with E-state index in [-0.39, 0.29) is 33.8 Å². The summed E-state index contributed by atoms with van der Waals surface area (Å²) in [5.41, 5.74) is 1.58. The lowest BCUT2D eigenvalue weighted by molar-refractivity contribution is -0.118. The average Bonchev–Trinajstić information content (AvgIpc) is 3.38. The summed E-state index contributed by atoms with van der Waals surface area (Å²) in [5.74, 6) is 0.124. The first-order chi connectivity index (χ1) is 15.1. The van der Waals surface area contributed by atoms with Crippen LogP contribution in [0.4, 0.5) is 0 Å². The molecule has 9 heteroatoms. The molecular formula is C23H35BrN4O4. The maximum atomic E-state index is 13.0. The summed E-state index contributed by atoms with van der Waals surface area (Å²) < 4.78 is 11.4. The van der Waals surface area contributed by atoms with Crippen molar-refractivity contribution in [3.8, 4) is 0 Å². The molecule has 1 saturated carbocycles. The normalized spacial score (nSPS) is 22.9. The highest BCUT2D eigenvalue weighted by Crippen LogP contribution is 2.42. The molecule has 3 N–H and O–H groups in total. The number of amides is 2. The number of allylic oxidation sites excluding steroid dienone is 1. The Morgan fingerprint density at radius 2 is 1.88 bits per heavy atom. The first-order valence-corrected chi connectivity index (χ1v) is 12.2. The first-order valence-electron chi connectivity index (χ1n) is 11.4. The van der Waals surface area contributed by atoms with Gasteiger partial charge >= 0.3 is 0 Å². The average molecular weight is 511 g/mol. The van der Waals surface area contributed by atoms with E-state index in [1.165, 1.54) is 6.42 Å². The molecule has 8 nitrogen and oxygen atoms in total. The fraction of sp³-hybridized carbons (Fsp3) is 0.696. The zero-order chi connectivity index (χ0) is 23.5. The maximum Gasteiger partial charge on any atom is 0.278 e. The van der Waals surface area contributed by atoms with E-state index in [4.69, 9.17) is 9.26 Å². The monoisotopic (exact) mass is 510 g/mol. The van der Waals surface area contributed by atoms with E-state index in [9.17, 15) is 9.59 Å². The van der Waals surface area contributed by atoms with Crippen LogP contribution in [0.25, 0.3) is 0 Å². The van der Waals surface area contributed by atoms with Gasteiger partial charge in [-0.15, -0.1) is 0 Å². The summed E-state index contributed by atoms with van der Waals surface area (Å²) in [4.78, 5) is 25.9. The number of ether oxygens (including phenoxy) is 1. The number of nitrogens with one attached hydrogen (secondary N) is 3. The van der Waals surface area contributed by atoms with Gasteiger partial charge in [-0.3, -0.25) is 9.59 Å². The van der Waals surface area contributed by atoms with Crippen molar-refractivity contribution in [2.75, 3.05) is 13.7 Å². The summed E-state index contributed by atoms with van der Waals surface area (Å²) in [5, 5.41) is 12.8. The van der Waals surface area contributed by atoms with Crippen molar-refractivity contribution in [2.24, 2.45) is 5.92 Å². The topological polar surface area (TPSA) is 105 Å². The molecule has 178 valence electrons. The predicted octanol–water partition coefficient (Wildman–Crippen LogP) is 3.86. The van der Waals surface area contributed by atoms with E-state index >= 15 is 0 Å². The number of halogens is 1. The third kappa shape index (κ3) is 5.73. The zero-order valence-electron chi connectivity index (χ0n) is 19.6. The van der Waals surface area contributed by atoms with Crippen molar-refractivity contribution in [3.63, 3.8) is 0 Å². The fourth-order valence-electron chi connectivity index (χ4n) is 4.27. The van der Waals surface area contributed by atoms with Gasteiger partial charge < -0.3 is 25.2 Å². The van der Waals surface area contributed by atoms with Gasteiger partial charge in [-0.2, -0.15) is 0 Å². The number of aromatic nitrogens is 1. The smallest absolute Gasteiger partial charge is 0.278 e. The molecule has 1 aliphatic heterocycles. The highest BCUT2D eigenvalue weighted by atomic mass is 79.9. The highest BCUT2D eigenvalue weighted by Gasteiger charge is 2.39. The van der Waals surface area contributed by atoms with E-state index in [2.05, 4.69) is 50.9 Å². The Labute approximate surface area is 198 Å². The van der Waals surface area contributed by atoms with E-state index in [1.807, 2.05) is 0 Å². The maximum absolute atomic E-state index is 13.0. The Hall–Kier alpha value is -1.87. The quantitative estimate of drug-likeness (QED) is 0.379. The summed E-state index contributed by atoms with van der Waals surface area (Å²) in [6.07, 6.45) is 5.89. The molecule has 1 aromatic rings. The van der Waals surface area contributed by atoms with Crippen LogP contribution in [-0.2, 0) is 9.53 Å². The lowest BCUT2D eigenvalue weighted by Gasteiger charge is -2.24. The third-order valence-corrected chi connectivity index (χ3v) is 7.24. The minimum absolute atomic E-state index is 0.0497. The zero-order valence-corrected chi connectivity index (χ0v) is 21.2. The van der Waals surface area contributed by atoms with Crippen LogP contribution in [0.5, 0.6) is 0 Å². The molecule has 1 aromatic heterocycles. The summed E-state index contributed by atoms with van der Waals surface area (Å²) in [6.45, 7) is 8.40. The summed E-state index contributed by atoms with van der Waals surface area (Å²) in [6, 6.07) is 0.138. The number of carbonyl (C=O) groups excluding carboxylic acids is 2. The van der Waals surface area contributed by atoms with Gasteiger partial charge in [0.2, 0.25) is 0 Å². The Bertz CT molecular complexity index is 868. The molecule has 0 bridgehead atoms. The molecular weight excluding hydrogens is 476 g/mol. The lowest BCUT2D eigenvalue weighted by Crippen LogP contribution is -2.42. The van der Waals surface area contributed by atoms with Crippen molar-refractivity contribution in [3.05, 3.63) is 28.4 Å². The molecule has 2 heterocycles. The number of hydrogen-bond acceptors (Lipinski definition) is 6. The van der Waals surface area contributed by atoms with E-state index in [0.717, 1.165) is 32.1 Å². The van der Waals surface area contributed by atoms with Gasteiger partial charge in [0.25, 0.3) is 11.8 Å². The third-order valence-electron chi connectivity index (χ3n) is 6.59. The second-order valence-electron chi connectivity index (χ2n) is 9.35. The number of carbonyl (C=O) groups is 2. The highest BCUT2D eigenvalue weighted by molar-refractivity contribution is 9.10. The van der Waals surface area contributed by atoms with Crippen molar-refractivity contribution in [1.82, 2.24) is 21.1 Å². The fourth-order valence-corrected chi connectivity index (χ4v) is 4.59. The Kier molecular flexibility index (Phi) is 8.03. The second kappa shape index (κ2) is 10.4. The van der Waals surface area contributed by atoms with Gasteiger partial charge in [-0.25, -0.2) is 0 Å². The molecule has 2 aliphatic rings. The van der Waals surface area contributed by atoms with Crippen molar-refractivity contribution >= 4 is 27.7 Å². The molecule has 2 amide bonds. The Morgan fingerprint density at radius 1 is 1.19 bits per heavy atom. The summed E-state index contributed by atoms with van der Waals surface area (Å²) >= 11 is 3.71. The number of rotatable bonds is 7. The number of nitrogens with zero attached hydrogens (tertiary/aromatic N) is 1. The summed E-state index contributed by atoms with van der Waals surface area (Å²) in [7, 11) is 1.72. The largest absolute Gasteiger partial charge is 0.390 e. The van der Waals surface area contributed by atoms with Gasteiger partial charge in [-0.05, 0) is 52.9 Å². The Balaban J connectivity index is 1.71. The van der Waals surface area contributed by atoms with Crippen molar-refractivity contribution in [1.29, 1.82) is 0 Å². The van der Waals surface area contributed by atoms with E-state index in [0.29, 0.717) is 29.5 Å². The van der Waals surface area contributed by atoms with Crippen LogP contribution < -0.4 is 16.0 Å². The molecule has 3 rings (SSSR count). The molecule has 0 unspecified atom stereocenters. The predicted molar refractivity (Wildman–Crippen MR) is 125 cm³/mol. The molecule has 2 atom stereocenters. The van der Waals surface area contributed by atoms with Gasteiger partial charge in [-0.1, -0.05) is 40.3 Å². The number of alkyl halides is 1. The van der Waals surface area contributed by atoms with Crippen molar-refractivity contribution in [2.45, 2.75) is 82.7 Å². The molecule has 32 heavy (non-hydrogen) atoms. The molecule has 2 fully saturated rings. The van der Waals surface area contributed by atoms with Crippen LogP contribution in [0.15, 0.2) is 15.9 Å². The van der Waals surface area contributed by atoms with E-state index in [1.54, 1.807) is 20.9 Å².